The number of H-pyrrole nitrogens is 1. The first-order valence-corrected chi connectivity index (χ1v) is 6.24. The summed E-state index contributed by atoms with van der Waals surface area (Å²) in [6.45, 7) is 1.84. The predicted octanol–water partition coefficient (Wildman–Crippen LogP) is 3.43. The Labute approximate surface area is 115 Å². The van der Waals surface area contributed by atoms with Crippen LogP contribution in [-0.2, 0) is 0 Å². The molecule has 0 amide bonds. The number of anilines is 1. The van der Waals surface area contributed by atoms with Crippen LogP contribution in [0, 0.1) is 12.7 Å². The van der Waals surface area contributed by atoms with E-state index in [0.29, 0.717) is 27.7 Å². The van der Waals surface area contributed by atoms with Gasteiger partial charge in [-0.05, 0) is 42.8 Å². The van der Waals surface area contributed by atoms with Crippen molar-refractivity contribution >= 4 is 22.4 Å². The Morgan fingerprint density at radius 3 is 2.80 bits per heavy atom. The summed E-state index contributed by atoms with van der Waals surface area (Å²) in [7, 11) is 0. The van der Waals surface area contributed by atoms with Gasteiger partial charge in [0, 0.05) is 28.4 Å². The van der Waals surface area contributed by atoms with Gasteiger partial charge in [0.1, 0.15) is 5.82 Å². The van der Waals surface area contributed by atoms with Crippen LogP contribution in [-0.4, -0.2) is 10.8 Å². The van der Waals surface area contributed by atoms with Gasteiger partial charge in [-0.3, -0.25) is 4.79 Å². The lowest BCUT2D eigenvalue weighted by Gasteiger charge is -2.04. The number of nitrogen functional groups attached to an aromatic ring is 1. The molecule has 0 bridgehead atoms. The number of aromatic amines is 1. The fraction of sp³-hybridized carbons (Fsp3) is 0.0625. The number of benzene rings is 2. The quantitative estimate of drug-likeness (QED) is 0.552. The highest BCUT2D eigenvalue weighted by Gasteiger charge is 2.17. The van der Waals surface area contributed by atoms with Crippen LogP contribution in [0.15, 0.2) is 42.6 Å². The molecule has 0 saturated heterocycles. The van der Waals surface area contributed by atoms with E-state index in [4.69, 9.17) is 5.73 Å². The van der Waals surface area contributed by atoms with Crippen molar-refractivity contribution in [1.29, 1.82) is 0 Å². The SMILES string of the molecule is Cc1cc(C(=O)c2c[nH]c3cccc(F)c23)ccc1N. The first kappa shape index (κ1) is 12.4. The number of aromatic nitrogens is 1. The molecule has 20 heavy (non-hydrogen) atoms. The second-order valence-electron chi connectivity index (χ2n) is 4.77. The Balaban J connectivity index is 2.15. The first-order chi connectivity index (χ1) is 9.58. The molecule has 0 aliphatic carbocycles. The van der Waals surface area contributed by atoms with Gasteiger partial charge < -0.3 is 10.7 Å². The van der Waals surface area contributed by atoms with Crippen LogP contribution < -0.4 is 5.73 Å². The number of nitrogens with one attached hydrogen (secondary N) is 1. The Hall–Kier alpha value is -2.62. The van der Waals surface area contributed by atoms with E-state index in [0.717, 1.165) is 5.56 Å². The Kier molecular flexibility index (Phi) is 2.79. The number of hydrogen-bond acceptors (Lipinski definition) is 2. The van der Waals surface area contributed by atoms with Crippen molar-refractivity contribution in [2.75, 3.05) is 5.73 Å². The zero-order chi connectivity index (χ0) is 14.3. The third-order valence-electron chi connectivity index (χ3n) is 3.43. The smallest absolute Gasteiger partial charge is 0.195 e. The molecule has 3 rings (SSSR count). The van der Waals surface area contributed by atoms with E-state index in [1.165, 1.54) is 6.07 Å². The van der Waals surface area contributed by atoms with Gasteiger partial charge >= 0.3 is 0 Å². The van der Waals surface area contributed by atoms with Gasteiger partial charge in [0.2, 0.25) is 0 Å². The molecule has 0 spiro atoms. The first-order valence-electron chi connectivity index (χ1n) is 6.24. The molecule has 0 unspecified atom stereocenters. The summed E-state index contributed by atoms with van der Waals surface area (Å²) in [6, 6.07) is 9.76. The third kappa shape index (κ3) is 1.86. The lowest BCUT2D eigenvalue weighted by Crippen LogP contribution is -2.02. The molecule has 0 radical (unpaired) electrons. The van der Waals surface area contributed by atoms with E-state index in [2.05, 4.69) is 4.98 Å². The van der Waals surface area contributed by atoms with Crippen molar-refractivity contribution in [2.45, 2.75) is 6.92 Å². The maximum Gasteiger partial charge on any atom is 0.195 e. The molecule has 0 aliphatic rings. The predicted molar refractivity (Wildman–Crippen MR) is 77.3 cm³/mol. The Morgan fingerprint density at radius 1 is 1.25 bits per heavy atom. The molecule has 0 saturated carbocycles. The second kappa shape index (κ2) is 4.49. The van der Waals surface area contributed by atoms with Crippen LogP contribution in [0.4, 0.5) is 10.1 Å². The average Bonchev–Trinajstić information content (AvgIpc) is 2.86. The fourth-order valence-electron chi connectivity index (χ4n) is 2.29. The van der Waals surface area contributed by atoms with Crippen LogP contribution in [0.2, 0.25) is 0 Å². The van der Waals surface area contributed by atoms with E-state index in [1.54, 1.807) is 36.5 Å². The minimum Gasteiger partial charge on any atom is -0.399 e. The number of aryl methyl sites for hydroxylation is 1. The number of rotatable bonds is 2. The molecule has 3 N–H and O–H groups in total. The van der Waals surface area contributed by atoms with E-state index in [1.807, 2.05) is 6.92 Å². The molecule has 0 atom stereocenters. The molecule has 1 heterocycles. The van der Waals surface area contributed by atoms with Gasteiger partial charge in [-0.15, -0.1) is 0 Å². The summed E-state index contributed by atoms with van der Waals surface area (Å²) in [4.78, 5) is 15.4. The van der Waals surface area contributed by atoms with Gasteiger partial charge in [-0.25, -0.2) is 4.39 Å². The summed E-state index contributed by atoms with van der Waals surface area (Å²) in [5, 5.41) is 0.326. The Bertz CT molecular complexity index is 820. The monoisotopic (exact) mass is 268 g/mol. The molecular formula is C16H13FN2O. The van der Waals surface area contributed by atoms with E-state index >= 15 is 0 Å². The molecule has 100 valence electrons. The number of halogens is 1. The van der Waals surface area contributed by atoms with Crippen LogP contribution in [0.1, 0.15) is 21.5 Å². The Morgan fingerprint density at radius 2 is 2.05 bits per heavy atom. The number of hydrogen-bond donors (Lipinski definition) is 2. The van der Waals surface area contributed by atoms with Crippen molar-refractivity contribution in [3.8, 4) is 0 Å². The van der Waals surface area contributed by atoms with Gasteiger partial charge in [-0.2, -0.15) is 0 Å². The maximum absolute atomic E-state index is 13.9. The van der Waals surface area contributed by atoms with Gasteiger partial charge in [-0.1, -0.05) is 6.07 Å². The zero-order valence-electron chi connectivity index (χ0n) is 10.9. The van der Waals surface area contributed by atoms with Gasteiger partial charge in [0.25, 0.3) is 0 Å². The zero-order valence-corrected chi connectivity index (χ0v) is 10.9. The molecule has 0 fully saturated rings. The standard InChI is InChI=1S/C16H13FN2O/c1-9-7-10(5-6-13(9)18)16(20)11-8-19-14-4-2-3-12(17)15(11)14/h2-8,19H,18H2,1H3. The molecule has 3 aromatic rings. The molecule has 0 aliphatic heterocycles. The molecule has 4 heteroatoms. The van der Waals surface area contributed by atoms with Crippen LogP contribution in [0.3, 0.4) is 0 Å². The summed E-state index contributed by atoms with van der Waals surface area (Å²) < 4.78 is 13.9. The summed E-state index contributed by atoms with van der Waals surface area (Å²) in [6.07, 6.45) is 1.54. The van der Waals surface area contributed by atoms with Gasteiger partial charge in [0.05, 0.1) is 5.56 Å². The highest BCUT2D eigenvalue weighted by molar-refractivity contribution is 6.16. The molecule has 1 aromatic heterocycles. The van der Waals surface area contributed by atoms with Crippen molar-refractivity contribution < 1.29 is 9.18 Å². The lowest BCUT2D eigenvalue weighted by molar-refractivity contribution is 0.104. The summed E-state index contributed by atoms with van der Waals surface area (Å²) in [5.74, 6) is -0.622. The topological polar surface area (TPSA) is 58.9 Å². The molecular weight excluding hydrogens is 255 g/mol. The van der Waals surface area contributed by atoms with Crippen molar-refractivity contribution in [3.05, 3.63) is 65.1 Å². The van der Waals surface area contributed by atoms with E-state index in [-0.39, 0.29) is 5.78 Å². The fourth-order valence-corrected chi connectivity index (χ4v) is 2.29. The van der Waals surface area contributed by atoms with Gasteiger partial charge in [0.15, 0.2) is 5.78 Å². The lowest BCUT2D eigenvalue weighted by atomic mass is 10.0. The molecule has 3 nitrogen and oxygen atoms in total. The van der Waals surface area contributed by atoms with Crippen LogP contribution >= 0.6 is 0 Å². The van der Waals surface area contributed by atoms with Crippen molar-refractivity contribution in [3.63, 3.8) is 0 Å². The van der Waals surface area contributed by atoms with Crippen molar-refractivity contribution in [2.24, 2.45) is 0 Å². The highest BCUT2D eigenvalue weighted by Crippen LogP contribution is 2.24. The summed E-state index contributed by atoms with van der Waals surface area (Å²) >= 11 is 0. The number of nitrogens with two attached hydrogens (primary N) is 1. The van der Waals surface area contributed by atoms with Crippen LogP contribution in [0.5, 0.6) is 0 Å². The highest BCUT2D eigenvalue weighted by atomic mass is 19.1. The number of carbonyl (C=O) groups is 1. The normalized spacial score (nSPS) is 10.9. The molecule has 2 aromatic carbocycles. The number of carbonyl (C=O) groups excluding carboxylic acids is 1. The number of fused-ring (bicyclic) bond motifs is 1. The van der Waals surface area contributed by atoms with E-state index in [9.17, 15) is 9.18 Å². The maximum atomic E-state index is 13.9. The number of ketones is 1. The minimum absolute atomic E-state index is 0.218. The summed E-state index contributed by atoms with van der Waals surface area (Å²) in [5.41, 5.74) is 8.65. The average molecular weight is 268 g/mol. The van der Waals surface area contributed by atoms with Crippen LogP contribution in [0.25, 0.3) is 10.9 Å². The minimum atomic E-state index is -0.403. The third-order valence-corrected chi connectivity index (χ3v) is 3.43. The van der Waals surface area contributed by atoms with E-state index < -0.39 is 5.82 Å². The largest absolute Gasteiger partial charge is 0.399 e. The van der Waals surface area contributed by atoms with Crippen molar-refractivity contribution in [1.82, 2.24) is 4.98 Å². The second-order valence-corrected chi connectivity index (χ2v) is 4.77.